The van der Waals surface area contributed by atoms with Crippen molar-refractivity contribution in [2.75, 3.05) is 6.54 Å². The number of rotatable bonds is 6. The molecule has 0 spiro atoms. The number of H-pyrrole nitrogens is 1. The van der Waals surface area contributed by atoms with Gasteiger partial charge in [0.2, 0.25) is 0 Å². The Bertz CT molecular complexity index is 702. The molecule has 0 bridgehead atoms. The fraction of sp³-hybridized carbons (Fsp3) is 0.158. The van der Waals surface area contributed by atoms with Crippen LogP contribution >= 0.6 is 0 Å². The minimum atomic E-state index is -0.188. The fourth-order valence-electron chi connectivity index (χ4n) is 2.56. The molecule has 5 nitrogen and oxygen atoms in total. The molecule has 2 amide bonds. The van der Waals surface area contributed by atoms with E-state index in [1.54, 1.807) is 12.5 Å². The molecule has 0 radical (unpaired) electrons. The number of urea groups is 1. The average Bonchev–Trinajstić information content (AvgIpc) is 3.15. The number of imidazole rings is 1. The Morgan fingerprint density at radius 3 is 2.17 bits per heavy atom. The number of aromatic nitrogens is 2. The van der Waals surface area contributed by atoms with Gasteiger partial charge in [-0.2, -0.15) is 0 Å². The third kappa shape index (κ3) is 4.23. The molecule has 1 aromatic heterocycles. The standard InChI is InChI=1S/C19H20N4O/c24-19(21-12-11-17-13-20-14-22-17)23-18(15-7-3-1-4-8-15)16-9-5-2-6-10-16/h1-10,13-14,18H,11-12H2,(H,20,22)(H2,21,23,24). The number of carbonyl (C=O) groups is 1. The zero-order valence-corrected chi connectivity index (χ0v) is 13.3. The molecule has 3 N–H and O–H groups in total. The van der Waals surface area contributed by atoms with E-state index in [1.165, 1.54) is 0 Å². The number of amides is 2. The SMILES string of the molecule is O=C(NCCc1cnc[nH]1)NC(c1ccccc1)c1ccccc1. The number of hydrogen-bond acceptors (Lipinski definition) is 2. The number of carbonyl (C=O) groups excluding carboxylic acids is 1. The average molecular weight is 320 g/mol. The highest BCUT2D eigenvalue weighted by atomic mass is 16.2. The molecule has 0 atom stereocenters. The lowest BCUT2D eigenvalue weighted by molar-refractivity contribution is 0.239. The van der Waals surface area contributed by atoms with Crippen LogP contribution in [0.5, 0.6) is 0 Å². The summed E-state index contributed by atoms with van der Waals surface area (Å²) in [6.45, 7) is 0.546. The van der Waals surface area contributed by atoms with Gasteiger partial charge in [0.05, 0.1) is 12.4 Å². The molecule has 0 saturated heterocycles. The summed E-state index contributed by atoms with van der Waals surface area (Å²) in [5, 5.41) is 5.95. The minimum Gasteiger partial charge on any atom is -0.348 e. The van der Waals surface area contributed by atoms with Crippen LogP contribution in [0, 0.1) is 0 Å². The maximum Gasteiger partial charge on any atom is 0.315 e. The Balaban J connectivity index is 1.64. The number of nitrogens with one attached hydrogen (secondary N) is 3. The van der Waals surface area contributed by atoms with Crippen molar-refractivity contribution in [3.05, 3.63) is 90.0 Å². The maximum absolute atomic E-state index is 12.3. The van der Waals surface area contributed by atoms with Gasteiger partial charge < -0.3 is 15.6 Å². The van der Waals surface area contributed by atoms with Gasteiger partial charge in [-0.1, -0.05) is 60.7 Å². The lowest BCUT2D eigenvalue weighted by atomic mass is 9.99. The lowest BCUT2D eigenvalue weighted by Crippen LogP contribution is -2.39. The Morgan fingerprint density at radius 1 is 1.00 bits per heavy atom. The Kier molecular flexibility index (Phi) is 5.24. The van der Waals surface area contributed by atoms with Crippen molar-refractivity contribution >= 4 is 6.03 Å². The van der Waals surface area contributed by atoms with Crippen molar-refractivity contribution in [1.29, 1.82) is 0 Å². The molecule has 0 fully saturated rings. The van der Waals surface area contributed by atoms with Crippen LogP contribution in [-0.4, -0.2) is 22.5 Å². The van der Waals surface area contributed by atoms with Crippen molar-refractivity contribution in [2.45, 2.75) is 12.5 Å². The Labute approximate surface area is 141 Å². The van der Waals surface area contributed by atoms with E-state index in [0.29, 0.717) is 6.54 Å². The molecule has 5 heteroatoms. The number of benzene rings is 2. The van der Waals surface area contributed by atoms with Crippen LogP contribution in [0.3, 0.4) is 0 Å². The molecule has 0 saturated carbocycles. The monoisotopic (exact) mass is 320 g/mol. The first kappa shape index (κ1) is 15.8. The van der Waals surface area contributed by atoms with Gasteiger partial charge in [0.25, 0.3) is 0 Å². The zero-order chi connectivity index (χ0) is 16.6. The van der Waals surface area contributed by atoms with Gasteiger partial charge in [0.1, 0.15) is 0 Å². The van der Waals surface area contributed by atoms with Gasteiger partial charge in [-0.25, -0.2) is 9.78 Å². The van der Waals surface area contributed by atoms with Crippen molar-refractivity contribution in [3.8, 4) is 0 Å². The van der Waals surface area contributed by atoms with E-state index in [2.05, 4.69) is 20.6 Å². The van der Waals surface area contributed by atoms with Crippen LogP contribution in [0.1, 0.15) is 22.9 Å². The normalized spacial score (nSPS) is 10.5. The van der Waals surface area contributed by atoms with E-state index >= 15 is 0 Å². The van der Waals surface area contributed by atoms with Crippen molar-refractivity contribution < 1.29 is 4.79 Å². The molecule has 3 aromatic rings. The highest BCUT2D eigenvalue weighted by Crippen LogP contribution is 2.21. The van der Waals surface area contributed by atoms with Crippen molar-refractivity contribution in [2.24, 2.45) is 0 Å². The summed E-state index contributed by atoms with van der Waals surface area (Å²) in [5.41, 5.74) is 3.10. The summed E-state index contributed by atoms with van der Waals surface area (Å²) < 4.78 is 0. The van der Waals surface area contributed by atoms with Gasteiger partial charge in [0.15, 0.2) is 0 Å². The predicted molar refractivity (Wildman–Crippen MR) is 93.6 cm³/mol. The molecule has 0 unspecified atom stereocenters. The highest BCUT2D eigenvalue weighted by molar-refractivity contribution is 5.75. The fourth-order valence-corrected chi connectivity index (χ4v) is 2.56. The molecular formula is C19H20N4O. The summed E-state index contributed by atoms with van der Waals surface area (Å²) in [6, 6.07) is 19.5. The quantitative estimate of drug-likeness (QED) is 0.653. The second kappa shape index (κ2) is 7.97. The van der Waals surface area contributed by atoms with Crippen molar-refractivity contribution in [1.82, 2.24) is 20.6 Å². The molecule has 2 aromatic carbocycles. The predicted octanol–water partition coefficient (Wildman–Crippen LogP) is 3.04. The molecule has 1 heterocycles. The lowest BCUT2D eigenvalue weighted by Gasteiger charge is -2.20. The third-order valence-corrected chi connectivity index (χ3v) is 3.78. The maximum atomic E-state index is 12.3. The smallest absolute Gasteiger partial charge is 0.315 e. The van der Waals surface area contributed by atoms with Crippen LogP contribution in [-0.2, 0) is 6.42 Å². The largest absolute Gasteiger partial charge is 0.348 e. The summed E-state index contributed by atoms with van der Waals surface area (Å²) in [6.07, 6.45) is 4.11. The molecule has 0 aliphatic heterocycles. The van der Waals surface area contributed by atoms with Crippen LogP contribution in [0.15, 0.2) is 73.2 Å². The number of hydrogen-bond donors (Lipinski definition) is 3. The summed E-state index contributed by atoms with van der Waals surface area (Å²) in [5.74, 6) is 0. The molecule has 24 heavy (non-hydrogen) atoms. The number of nitrogens with zero attached hydrogens (tertiary/aromatic N) is 1. The minimum absolute atomic E-state index is 0.181. The van der Waals surface area contributed by atoms with Crippen molar-refractivity contribution in [3.63, 3.8) is 0 Å². The van der Waals surface area contributed by atoms with Gasteiger partial charge >= 0.3 is 6.03 Å². The first-order chi connectivity index (χ1) is 11.8. The second-order valence-electron chi connectivity index (χ2n) is 5.48. The van der Waals surface area contributed by atoms with E-state index < -0.39 is 0 Å². The van der Waals surface area contributed by atoms with E-state index in [1.807, 2.05) is 60.7 Å². The van der Waals surface area contributed by atoms with E-state index in [-0.39, 0.29) is 12.1 Å². The van der Waals surface area contributed by atoms with E-state index in [9.17, 15) is 4.79 Å². The Morgan fingerprint density at radius 2 is 1.62 bits per heavy atom. The van der Waals surface area contributed by atoms with Gasteiger partial charge in [0, 0.05) is 24.9 Å². The third-order valence-electron chi connectivity index (χ3n) is 3.78. The first-order valence-electron chi connectivity index (χ1n) is 7.94. The summed E-state index contributed by atoms with van der Waals surface area (Å²) >= 11 is 0. The molecule has 122 valence electrons. The molecule has 3 rings (SSSR count). The van der Waals surface area contributed by atoms with E-state index in [0.717, 1.165) is 23.2 Å². The highest BCUT2D eigenvalue weighted by Gasteiger charge is 2.16. The Hall–Kier alpha value is -3.08. The second-order valence-corrected chi connectivity index (χ2v) is 5.48. The van der Waals surface area contributed by atoms with E-state index in [4.69, 9.17) is 0 Å². The van der Waals surface area contributed by atoms with Gasteiger partial charge in [-0.15, -0.1) is 0 Å². The summed E-state index contributed by atoms with van der Waals surface area (Å²) in [4.78, 5) is 19.3. The van der Waals surface area contributed by atoms with Crippen LogP contribution in [0.25, 0.3) is 0 Å². The number of aromatic amines is 1. The summed E-state index contributed by atoms with van der Waals surface area (Å²) in [7, 11) is 0. The zero-order valence-electron chi connectivity index (χ0n) is 13.3. The molecule has 0 aliphatic carbocycles. The first-order valence-corrected chi connectivity index (χ1v) is 7.94. The van der Waals surface area contributed by atoms with Gasteiger partial charge in [-0.05, 0) is 11.1 Å². The molecular weight excluding hydrogens is 300 g/mol. The topological polar surface area (TPSA) is 69.8 Å². The van der Waals surface area contributed by atoms with Crippen LogP contribution in [0.2, 0.25) is 0 Å². The van der Waals surface area contributed by atoms with Crippen LogP contribution in [0.4, 0.5) is 4.79 Å². The molecule has 0 aliphatic rings. The van der Waals surface area contributed by atoms with Gasteiger partial charge in [-0.3, -0.25) is 0 Å². The van der Waals surface area contributed by atoms with Crippen LogP contribution < -0.4 is 10.6 Å².